The molecule has 0 aromatic heterocycles. The minimum absolute atomic E-state index is 0.466. The fraction of sp³-hybridized carbons (Fsp3) is 0.857. The predicted molar refractivity (Wildman–Crippen MR) is 63.9 cm³/mol. The summed E-state index contributed by atoms with van der Waals surface area (Å²) >= 11 is 0. The fourth-order valence-electron chi connectivity index (χ4n) is 4.27. The predicted octanol–water partition coefficient (Wildman–Crippen LogP) is 3.36. The van der Waals surface area contributed by atoms with Gasteiger partial charge in [0.05, 0.1) is 0 Å². The number of hydrogen-bond donors (Lipinski definition) is 0. The molecule has 0 bridgehead atoms. The van der Waals surface area contributed by atoms with Crippen LogP contribution in [0.25, 0.3) is 0 Å². The monoisotopic (exact) mass is 205 g/mol. The SMILES string of the molecule is C[C@@H]1CN2CCC3=C(CCCC3)[C@]2(C)C1. The number of fused-ring (bicyclic) bond motifs is 2. The van der Waals surface area contributed by atoms with E-state index in [4.69, 9.17) is 0 Å². The van der Waals surface area contributed by atoms with Crippen LogP contribution in [0.5, 0.6) is 0 Å². The summed E-state index contributed by atoms with van der Waals surface area (Å²) in [5.74, 6) is 0.906. The maximum absolute atomic E-state index is 2.77. The maximum Gasteiger partial charge on any atom is 0.0398 e. The van der Waals surface area contributed by atoms with Crippen LogP contribution in [0.1, 0.15) is 52.4 Å². The maximum atomic E-state index is 2.77. The van der Waals surface area contributed by atoms with Crippen molar-refractivity contribution in [1.29, 1.82) is 0 Å². The Balaban J connectivity index is 1.99. The van der Waals surface area contributed by atoms with Crippen molar-refractivity contribution in [2.24, 2.45) is 5.92 Å². The summed E-state index contributed by atoms with van der Waals surface area (Å²) in [4.78, 5) is 2.77. The van der Waals surface area contributed by atoms with E-state index in [-0.39, 0.29) is 0 Å². The van der Waals surface area contributed by atoms with E-state index in [1.165, 1.54) is 51.6 Å². The largest absolute Gasteiger partial charge is 0.294 e. The summed E-state index contributed by atoms with van der Waals surface area (Å²) < 4.78 is 0. The second-order valence-corrected chi connectivity index (χ2v) is 6.07. The number of nitrogens with zero attached hydrogens (tertiary/aromatic N) is 1. The molecule has 3 aliphatic rings. The Hall–Kier alpha value is -0.300. The van der Waals surface area contributed by atoms with Crippen molar-refractivity contribution in [3.63, 3.8) is 0 Å². The highest BCUT2D eigenvalue weighted by atomic mass is 15.2. The third kappa shape index (κ3) is 1.39. The Morgan fingerprint density at radius 1 is 1.20 bits per heavy atom. The van der Waals surface area contributed by atoms with Crippen LogP contribution in [0.3, 0.4) is 0 Å². The lowest BCUT2D eigenvalue weighted by Crippen LogP contribution is -2.47. The zero-order valence-corrected chi connectivity index (χ0v) is 10.2. The van der Waals surface area contributed by atoms with Crippen molar-refractivity contribution in [3.8, 4) is 0 Å². The molecule has 0 amide bonds. The van der Waals surface area contributed by atoms with Crippen molar-refractivity contribution in [2.45, 2.75) is 57.9 Å². The first-order chi connectivity index (χ1) is 7.20. The third-order valence-electron chi connectivity index (χ3n) is 4.89. The van der Waals surface area contributed by atoms with E-state index < -0.39 is 0 Å². The van der Waals surface area contributed by atoms with Crippen LogP contribution in [0.4, 0.5) is 0 Å². The molecule has 0 saturated carbocycles. The van der Waals surface area contributed by atoms with Gasteiger partial charge in [0.1, 0.15) is 0 Å². The van der Waals surface area contributed by atoms with Gasteiger partial charge in [-0.1, -0.05) is 18.1 Å². The molecule has 0 N–H and O–H groups in total. The molecule has 15 heavy (non-hydrogen) atoms. The van der Waals surface area contributed by atoms with Gasteiger partial charge in [-0.25, -0.2) is 0 Å². The van der Waals surface area contributed by atoms with E-state index >= 15 is 0 Å². The topological polar surface area (TPSA) is 3.24 Å². The zero-order chi connectivity index (χ0) is 10.5. The standard InChI is InChI=1S/C14H23N/c1-11-9-14(2)13-6-4-3-5-12(13)7-8-15(14)10-11/h11H,3-10H2,1-2H3/t11-,14-/m0/s1. The van der Waals surface area contributed by atoms with Crippen LogP contribution in [-0.2, 0) is 0 Å². The first-order valence-corrected chi connectivity index (χ1v) is 6.66. The molecule has 3 rings (SSSR count). The summed E-state index contributed by atoms with van der Waals surface area (Å²) in [6.07, 6.45) is 8.48. The van der Waals surface area contributed by atoms with E-state index in [2.05, 4.69) is 18.7 Å². The highest BCUT2D eigenvalue weighted by Gasteiger charge is 2.45. The van der Waals surface area contributed by atoms with Gasteiger partial charge in [0, 0.05) is 18.6 Å². The molecule has 84 valence electrons. The highest BCUT2D eigenvalue weighted by molar-refractivity contribution is 5.32. The molecular weight excluding hydrogens is 182 g/mol. The Morgan fingerprint density at radius 2 is 2.00 bits per heavy atom. The summed E-state index contributed by atoms with van der Waals surface area (Å²) in [6, 6.07) is 0. The number of hydrogen-bond acceptors (Lipinski definition) is 1. The van der Waals surface area contributed by atoms with Crippen LogP contribution in [-0.4, -0.2) is 23.5 Å². The van der Waals surface area contributed by atoms with E-state index in [0.29, 0.717) is 5.54 Å². The lowest BCUT2D eigenvalue weighted by Gasteiger charge is -2.45. The first-order valence-electron chi connectivity index (χ1n) is 6.66. The molecule has 1 aliphatic carbocycles. The van der Waals surface area contributed by atoms with Gasteiger partial charge in [-0.15, -0.1) is 0 Å². The lowest BCUT2D eigenvalue weighted by molar-refractivity contribution is 0.166. The quantitative estimate of drug-likeness (QED) is 0.548. The van der Waals surface area contributed by atoms with E-state index in [1.54, 1.807) is 0 Å². The molecule has 0 aromatic carbocycles. The normalized spacial score (nSPS) is 41.6. The van der Waals surface area contributed by atoms with Crippen LogP contribution in [0.2, 0.25) is 0 Å². The van der Waals surface area contributed by atoms with Crippen LogP contribution >= 0.6 is 0 Å². The van der Waals surface area contributed by atoms with Gasteiger partial charge in [-0.2, -0.15) is 0 Å². The number of rotatable bonds is 0. The summed E-state index contributed by atoms with van der Waals surface area (Å²) in [5, 5.41) is 0. The minimum atomic E-state index is 0.466. The Kier molecular flexibility index (Phi) is 2.21. The second kappa shape index (κ2) is 3.35. The molecule has 0 aromatic rings. The molecule has 1 saturated heterocycles. The van der Waals surface area contributed by atoms with Gasteiger partial charge in [-0.05, 0) is 51.4 Å². The van der Waals surface area contributed by atoms with Gasteiger partial charge in [0.15, 0.2) is 0 Å². The molecule has 0 radical (unpaired) electrons. The summed E-state index contributed by atoms with van der Waals surface area (Å²) in [5.41, 5.74) is 4.16. The van der Waals surface area contributed by atoms with E-state index in [9.17, 15) is 0 Å². The summed E-state index contributed by atoms with van der Waals surface area (Å²) in [7, 11) is 0. The molecule has 2 aliphatic heterocycles. The van der Waals surface area contributed by atoms with Crippen molar-refractivity contribution < 1.29 is 0 Å². The third-order valence-corrected chi connectivity index (χ3v) is 4.89. The van der Waals surface area contributed by atoms with Gasteiger partial charge in [0.2, 0.25) is 0 Å². The van der Waals surface area contributed by atoms with Gasteiger partial charge in [0.25, 0.3) is 0 Å². The lowest BCUT2D eigenvalue weighted by atomic mass is 9.74. The average Bonchev–Trinajstić information content (AvgIpc) is 2.53. The molecule has 1 heteroatoms. The molecule has 0 unspecified atom stereocenters. The molecule has 1 fully saturated rings. The molecule has 1 nitrogen and oxygen atoms in total. The van der Waals surface area contributed by atoms with Gasteiger partial charge in [-0.3, -0.25) is 4.90 Å². The van der Waals surface area contributed by atoms with Crippen molar-refractivity contribution >= 4 is 0 Å². The van der Waals surface area contributed by atoms with Crippen LogP contribution < -0.4 is 0 Å². The van der Waals surface area contributed by atoms with Gasteiger partial charge < -0.3 is 0 Å². The average molecular weight is 205 g/mol. The van der Waals surface area contributed by atoms with Crippen molar-refractivity contribution in [1.82, 2.24) is 4.90 Å². The Morgan fingerprint density at radius 3 is 2.87 bits per heavy atom. The van der Waals surface area contributed by atoms with Crippen LogP contribution in [0, 0.1) is 5.92 Å². The molecule has 0 spiro atoms. The van der Waals surface area contributed by atoms with Crippen molar-refractivity contribution in [2.75, 3.05) is 13.1 Å². The fourth-order valence-corrected chi connectivity index (χ4v) is 4.27. The highest BCUT2D eigenvalue weighted by Crippen LogP contribution is 2.47. The summed E-state index contributed by atoms with van der Waals surface area (Å²) in [6.45, 7) is 7.61. The zero-order valence-electron chi connectivity index (χ0n) is 10.2. The minimum Gasteiger partial charge on any atom is -0.294 e. The van der Waals surface area contributed by atoms with E-state index in [1.807, 2.05) is 11.1 Å². The Bertz CT molecular complexity index is 304. The smallest absolute Gasteiger partial charge is 0.0398 e. The van der Waals surface area contributed by atoms with Gasteiger partial charge >= 0.3 is 0 Å². The van der Waals surface area contributed by atoms with Crippen LogP contribution in [0.15, 0.2) is 11.1 Å². The second-order valence-electron chi connectivity index (χ2n) is 6.07. The molecule has 2 heterocycles. The first kappa shape index (κ1) is 9.89. The van der Waals surface area contributed by atoms with E-state index in [0.717, 1.165) is 5.92 Å². The molecule has 2 atom stereocenters. The Labute approximate surface area is 93.5 Å². The van der Waals surface area contributed by atoms with Crippen molar-refractivity contribution in [3.05, 3.63) is 11.1 Å². The molecular formula is C14H23N.